The van der Waals surface area contributed by atoms with Crippen LogP contribution in [-0.2, 0) is 0 Å². The molecule has 0 amide bonds. The second-order valence-electron chi connectivity index (χ2n) is 5.62. The highest BCUT2D eigenvalue weighted by Gasteiger charge is 2.74. The summed E-state index contributed by atoms with van der Waals surface area (Å²) in [4.78, 5) is 0. The molecule has 0 nitrogen and oxygen atoms in total. The maximum Gasteiger partial charge on any atom is 0.0495 e. The summed E-state index contributed by atoms with van der Waals surface area (Å²) in [6.07, 6.45) is 12.1. The minimum atomic E-state index is 0.456. The Morgan fingerprint density at radius 3 is 3.00 bits per heavy atom. The van der Waals surface area contributed by atoms with E-state index in [-0.39, 0.29) is 0 Å². The Hall–Kier alpha value is 0.0300. The summed E-state index contributed by atoms with van der Waals surface area (Å²) < 4.78 is 0. The average molecular weight is 195 g/mol. The van der Waals surface area contributed by atoms with Gasteiger partial charge in [-0.05, 0) is 42.9 Å². The van der Waals surface area contributed by atoms with Crippen molar-refractivity contribution >= 4 is 11.6 Å². The number of fused-ring (bicyclic) bond motifs is 1. The van der Waals surface area contributed by atoms with E-state index in [1.165, 1.54) is 32.1 Å². The Balaban J connectivity index is 1.90. The molecule has 1 heteroatoms. The summed E-state index contributed by atoms with van der Waals surface area (Å²) >= 11 is 6.59. The molecule has 0 unspecified atom stereocenters. The first-order chi connectivity index (χ1) is 6.29. The SMILES string of the molecule is Cl[C@H]1[C@@H]2C=C[C@]13CCC[C@H]1C[C@]13C2. The van der Waals surface area contributed by atoms with Crippen LogP contribution in [-0.4, -0.2) is 5.38 Å². The summed E-state index contributed by atoms with van der Waals surface area (Å²) in [6, 6.07) is 0. The lowest BCUT2D eigenvalue weighted by atomic mass is 9.67. The van der Waals surface area contributed by atoms with Crippen LogP contribution in [0.4, 0.5) is 0 Å². The van der Waals surface area contributed by atoms with Crippen LogP contribution in [0.3, 0.4) is 0 Å². The Morgan fingerprint density at radius 1 is 1.31 bits per heavy atom. The van der Waals surface area contributed by atoms with Crippen molar-refractivity contribution in [1.29, 1.82) is 0 Å². The van der Waals surface area contributed by atoms with E-state index in [2.05, 4.69) is 12.2 Å². The quantitative estimate of drug-likeness (QED) is 0.410. The molecular formula is C12H15Cl. The van der Waals surface area contributed by atoms with Gasteiger partial charge in [0.25, 0.3) is 0 Å². The van der Waals surface area contributed by atoms with Crippen molar-refractivity contribution in [3.05, 3.63) is 12.2 Å². The highest BCUT2D eigenvalue weighted by Crippen LogP contribution is 2.80. The minimum absolute atomic E-state index is 0.456. The Bertz CT molecular complexity index is 308. The molecule has 4 aliphatic rings. The third kappa shape index (κ3) is 0.571. The normalized spacial score (nSPS) is 66.4. The molecule has 3 fully saturated rings. The van der Waals surface area contributed by atoms with Gasteiger partial charge in [0, 0.05) is 10.8 Å². The van der Waals surface area contributed by atoms with Gasteiger partial charge in [0.2, 0.25) is 0 Å². The van der Waals surface area contributed by atoms with Crippen LogP contribution in [0.1, 0.15) is 32.1 Å². The number of rotatable bonds is 0. The smallest absolute Gasteiger partial charge is 0.0495 e. The summed E-state index contributed by atoms with van der Waals surface area (Å²) in [5.41, 5.74) is 1.17. The molecule has 4 rings (SSSR count). The van der Waals surface area contributed by atoms with Gasteiger partial charge in [-0.3, -0.25) is 0 Å². The van der Waals surface area contributed by atoms with Crippen molar-refractivity contribution in [2.75, 3.05) is 0 Å². The standard InChI is InChI=1S/C12H15Cl/c13-10-8-3-5-11(10)4-1-2-9-7-12(9,11)6-8/h3,5,8-10H,1-2,4,6-7H2/t8-,9+,10+,11-,12-/m1/s1. The van der Waals surface area contributed by atoms with E-state index in [1.54, 1.807) is 0 Å². The maximum absolute atomic E-state index is 6.59. The van der Waals surface area contributed by atoms with Gasteiger partial charge < -0.3 is 0 Å². The van der Waals surface area contributed by atoms with E-state index in [0.717, 1.165) is 11.8 Å². The van der Waals surface area contributed by atoms with Crippen molar-refractivity contribution in [2.45, 2.75) is 37.5 Å². The molecule has 5 atom stereocenters. The zero-order chi connectivity index (χ0) is 8.68. The molecule has 4 aliphatic carbocycles. The number of alkyl halides is 1. The zero-order valence-corrected chi connectivity index (χ0v) is 8.56. The predicted molar refractivity (Wildman–Crippen MR) is 53.7 cm³/mol. The summed E-state index contributed by atoms with van der Waals surface area (Å²) in [5.74, 6) is 1.78. The Morgan fingerprint density at radius 2 is 2.23 bits per heavy atom. The molecule has 0 heterocycles. The van der Waals surface area contributed by atoms with Gasteiger partial charge in [-0.1, -0.05) is 18.6 Å². The van der Waals surface area contributed by atoms with Crippen molar-refractivity contribution in [3.8, 4) is 0 Å². The van der Waals surface area contributed by atoms with E-state index >= 15 is 0 Å². The molecule has 0 saturated heterocycles. The van der Waals surface area contributed by atoms with Crippen molar-refractivity contribution < 1.29 is 0 Å². The van der Waals surface area contributed by atoms with Crippen LogP contribution in [0, 0.1) is 22.7 Å². The first kappa shape index (κ1) is 7.34. The van der Waals surface area contributed by atoms with E-state index in [9.17, 15) is 0 Å². The highest BCUT2D eigenvalue weighted by atomic mass is 35.5. The molecule has 0 aliphatic heterocycles. The number of halogens is 1. The zero-order valence-electron chi connectivity index (χ0n) is 7.80. The monoisotopic (exact) mass is 194 g/mol. The maximum atomic E-state index is 6.59. The summed E-state index contributed by atoms with van der Waals surface area (Å²) in [6.45, 7) is 0. The molecule has 2 spiro atoms. The molecule has 0 aromatic rings. The lowest BCUT2D eigenvalue weighted by molar-refractivity contribution is 0.170. The Labute approximate surface area is 84.3 Å². The number of hydrogen-bond acceptors (Lipinski definition) is 0. The highest BCUT2D eigenvalue weighted by molar-refractivity contribution is 6.22. The molecule has 0 aromatic carbocycles. The third-order valence-corrected chi connectivity index (χ3v) is 6.12. The minimum Gasteiger partial charge on any atom is -0.121 e. The van der Waals surface area contributed by atoms with Gasteiger partial charge in [0.05, 0.1) is 0 Å². The van der Waals surface area contributed by atoms with Gasteiger partial charge in [0.1, 0.15) is 0 Å². The molecule has 0 radical (unpaired) electrons. The molecular weight excluding hydrogens is 180 g/mol. The molecule has 0 aromatic heterocycles. The van der Waals surface area contributed by atoms with Crippen molar-refractivity contribution in [3.63, 3.8) is 0 Å². The number of hydrogen-bond donors (Lipinski definition) is 0. The fourth-order valence-corrected chi connectivity index (χ4v) is 5.35. The lowest BCUT2D eigenvalue weighted by Crippen LogP contribution is -2.34. The second kappa shape index (κ2) is 1.86. The molecule has 2 bridgehead atoms. The van der Waals surface area contributed by atoms with Gasteiger partial charge in [-0.25, -0.2) is 0 Å². The first-order valence-corrected chi connectivity index (χ1v) is 6.06. The van der Waals surface area contributed by atoms with Crippen LogP contribution in [0.2, 0.25) is 0 Å². The average Bonchev–Trinajstić information content (AvgIpc) is 2.72. The van der Waals surface area contributed by atoms with Crippen LogP contribution < -0.4 is 0 Å². The summed E-state index contributed by atoms with van der Waals surface area (Å²) in [5, 5.41) is 0.456. The van der Waals surface area contributed by atoms with E-state index in [0.29, 0.717) is 16.2 Å². The van der Waals surface area contributed by atoms with E-state index < -0.39 is 0 Å². The van der Waals surface area contributed by atoms with E-state index in [1.807, 2.05) is 0 Å². The first-order valence-electron chi connectivity index (χ1n) is 5.62. The number of allylic oxidation sites excluding steroid dienone is 2. The largest absolute Gasteiger partial charge is 0.121 e. The lowest BCUT2D eigenvalue weighted by Gasteiger charge is -2.39. The van der Waals surface area contributed by atoms with Crippen molar-refractivity contribution in [2.24, 2.45) is 22.7 Å². The van der Waals surface area contributed by atoms with Crippen LogP contribution in [0.15, 0.2) is 12.2 Å². The molecule has 13 heavy (non-hydrogen) atoms. The molecule has 3 saturated carbocycles. The van der Waals surface area contributed by atoms with Gasteiger partial charge in [0.15, 0.2) is 0 Å². The summed E-state index contributed by atoms with van der Waals surface area (Å²) in [7, 11) is 0. The van der Waals surface area contributed by atoms with Crippen LogP contribution >= 0.6 is 11.6 Å². The van der Waals surface area contributed by atoms with E-state index in [4.69, 9.17) is 11.6 Å². The fourth-order valence-electron chi connectivity index (χ4n) is 4.78. The van der Waals surface area contributed by atoms with Gasteiger partial charge in [-0.15, -0.1) is 11.6 Å². The molecule has 0 N–H and O–H groups in total. The third-order valence-electron chi connectivity index (χ3n) is 5.41. The van der Waals surface area contributed by atoms with Gasteiger partial charge >= 0.3 is 0 Å². The van der Waals surface area contributed by atoms with Crippen LogP contribution in [0.25, 0.3) is 0 Å². The Kier molecular flexibility index (Phi) is 1.05. The predicted octanol–water partition coefficient (Wildman–Crippen LogP) is 3.36. The second-order valence-corrected chi connectivity index (χ2v) is 6.09. The van der Waals surface area contributed by atoms with Gasteiger partial charge in [-0.2, -0.15) is 0 Å². The topological polar surface area (TPSA) is 0 Å². The molecule has 70 valence electrons. The van der Waals surface area contributed by atoms with Crippen molar-refractivity contribution in [1.82, 2.24) is 0 Å². The van der Waals surface area contributed by atoms with Crippen LogP contribution in [0.5, 0.6) is 0 Å². The fraction of sp³-hybridized carbons (Fsp3) is 0.833.